The smallest absolute Gasteiger partial charge is 0.313 e. The molecule has 1 aromatic rings. The highest BCUT2D eigenvalue weighted by Gasteiger charge is 2.33. The fourth-order valence-corrected chi connectivity index (χ4v) is 1.61. The van der Waals surface area contributed by atoms with Gasteiger partial charge >= 0.3 is 5.97 Å². The molecule has 1 aromatic carbocycles. The Labute approximate surface area is 95.3 Å². The zero-order valence-electron chi connectivity index (χ0n) is 9.74. The van der Waals surface area contributed by atoms with E-state index in [1.165, 1.54) is 0 Å². The first-order chi connectivity index (χ1) is 7.45. The highest BCUT2D eigenvalue weighted by Crippen LogP contribution is 2.29. The molecule has 0 aromatic heterocycles. The number of carboxylic acids is 1. The quantitative estimate of drug-likeness (QED) is 0.846. The van der Waals surface area contributed by atoms with E-state index < -0.39 is 11.4 Å². The number of aryl methyl sites for hydroxylation is 1. The van der Waals surface area contributed by atoms with Crippen molar-refractivity contribution >= 4 is 5.97 Å². The largest absolute Gasteiger partial charge is 0.481 e. The van der Waals surface area contributed by atoms with Gasteiger partial charge in [0.05, 0.1) is 17.0 Å². The first-order valence-electron chi connectivity index (χ1n) is 5.20. The van der Waals surface area contributed by atoms with Gasteiger partial charge in [-0.3, -0.25) is 4.79 Å². The Kier molecular flexibility index (Phi) is 3.34. The minimum absolute atomic E-state index is 0.522. The maximum absolute atomic E-state index is 11.3. The summed E-state index contributed by atoms with van der Waals surface area (Å²) >= 11 is 0. The van der Waals surface area contributed by atoms with Crippen LogP contribution in [0.4, 0.5) is 0 Å². The highest BCUT2D eigenvalue weighted by molar-refractivity contribution is 5.80. The summed E-state index contributed by atoms with van der Waals surface area (Å²) in [6.07, 6.45) is 0.522. The lowest BCUT2D eigenvalue weighted by Crippen LogP contribution is -2.31. The Morgan fingerprint density at radius 2 is 2.19 bits per heavy atom. The van der Waals surface area contributed by atoms with Crippen LogP contribution >= 0.6 is 0 Å². The number of carboxylic acid groups (broad SMARTS) is 1. The lowest BCUT2D eigenvalue weighted by molar-refractivity contribution is -0.143. The Hall–Kier alpha value is -1.82. The molecule has 1 unspecified atom stereocenters. The molecule has 0 aliphatic carbocycles. The maximum Gasteiger partial charge on any atom is 0.313 e. The van der Waals surface area contributed by atoms with Crippen LogP contribution in [0.25, 0.3) is 0 Å². The molecule has 0 fully saturated rings. The summed E-state index contributed by atoms with van der Waals surface area (Å²) < 4.78 is 0. The van der Waals surface area contributed by atoms with Crippen molar-refractivity contribution < 1.29 is 9.90 Å². The van der Waals surface area contributed by atoms with Gasteiger partial charge in [-0.1, -0.05) is 19.1 Å². The van der Waals surface area contributed by atoms with Gasteiger partial charge in [-0.2, -0.15) is 5.26 Å². The van der Waals surface area contributed by atoms with Crippen LogP contribution in [-0.4, -0.2) is 11.1 Å². The average molecular weight is 217 g/mol. The third-order valence-electron chi connectivity index (χ3n) is 3.16. The fourth-order valence-electron chi connectivity index (χ4n) is 1.61. The summed E-state index contributed by atoms with van der Waals surface area (Å²) in [5.41, 5.74) is 1.28. The van der Waals surface area contributed by atoms with Crippen molar-refractivity contribution in [1.29, 1.82) is 5.26 Å². The normalized spacial score (nSPS) is 13.9. The number of aliphatic carboxylic acids is 1. The molecule has 0 amide bonds. The van der Waals surface area contributed by atoms with E-state index in [-0.39, 0.29) is 0 Å². The molecule has 1 rings (SSSR count). The van der Waals surface area contributed by atoms with Gasteiger partial charge in [-0.25, -0.2) is 0 Å². The topological polar surface area (TPSA) is 61.1 Å². The van der Waals surface area contributed by atoms with Gasteiger partial charge in [-0.15, -0.1) is 0 Å². The van der Waals surface area contributed by atoms with Gasteiger partial charge in [0.25, 0.3) is 0 Å². The number of hydrogen-bond acceptors (Lipinski definition) is 2. The summed E-state index contributed by atoms with van der Waals surface area (Å²) in [6, 6.07) is 7.27. The molecule has 0 radical (unpaired) electrons. The molecule has 0 bridgehead atoms. The molecule has 3 heteroatoms. The Morgan fingerprint density at radius 3 is 2.56 bits per heavy atom. The zero-order chi connectivity index (χ0) is 12.3. The number of nitriles is 1. The van der Waals surface area contributed by atoms with E-state index in [1.54, 1.807) is 25.1 Å². The molecule has 0 saturated carbocycles. The summed E-state index contributed by atoms with van der Waals surface area (Å²) in [7, 11) is 0. The Bertz CT molecular complexity index is 459. The molecule has 16 heavy (non-hydrogen) atoms. The summed E-state index contributed by atoms with van der Waals surface area (Å²) in [5, 5.41) is 18.1. The second kappa shape index (κ2) is 4.36. The minimum Gasteiger partial charge on any atom is -0.481 e. The van der Waals surface area contributed by atoms with Crippen LogP contribution in [0.3, 0.4) is 0 Å². The Morgan fingerprint density at radius 1 is 1.56 bits per heavy atom. The van der Waals surface area contributed by atoms with E-state index in [2.05, 4.69) is 6.07 Å². The van der Waals surface area contributed by atoms with E-state index in [0.717, 1.165) is 11.1 Å². The third kappa shape index (κ3) is 1.92. The van der Waals surface area contributed by atoms with Gasteiger partial charge in [0, 0.05) is 0 Å². The predicted octanol–water partition coefficient (Wildman–Crippen LogP) is 2.62. The molecular weight excluding hydrogens is 202 g/mol. The van der Waals surface area contributed by atoms with Crippen LogP contribution in [0.5, 0.6) is 0 Å². The van der Waals surface area contributed by atoms with E-state index in [4.69, 9.17) is 5.26 Å². The van der Waals surface area contributed by atoms with Crippen LogP contribution in [0.1, 0.15) is 37.0 Å². The van der Waals surface area contributed by atoms with Crippen molar-refractivity contribution in [1.82, 2.24) is 0 Å². The second-order valence-corrected chi connectivity index (χ2v) is 4.13. The van der Waals surface area contributed by atoms with Crippen molar-refractivity contribution in [2.24, 2.45) is 0 Å². The van der Waals surface area contributed by atoms with Crippen molar-refractivity contribution in [2.45, 2.75) is 32.6 Å². The molecule has 3 nitrogen and oxygen atoms in total. The highest BCUT2D eigenvalue weighted by atomic mass is 16.4. The van der Waals surface area contributed by atoms with E-state index in [1.807, 2.05) is 13.8 Å². The number of hydrogen-bond donors (Lipinski definition) is 1. The molecular formula is C13H15NO2. The van der Waals surface area contributed by atoms with Crippen molar-refractivity contribution in [3.8, 4) is 6.07 Å². The zero-order valence-corrected chi connectivity index (χ0v) is 9.74. The maximum atomic E-state index is 11.3. The lowest BCUT2D eigenvalue weighted by Gasteiger charge is -2.24. The summed E-state index contributed by atoms with van der Waals surface area (Å²) in [4.78, 5) is 11.3. The SMILES string of the molecule is CCC(C)(C(=O)O)c1ccc(C#N)c(C)c1. The van der Waals surface area contributed by atoms with Gasteiger partial charge in [0.2, 0.25) is 0 Å². The Balaban J connectivity index is 3.30. The summed E-state index contributed by atoms with van der Waals surface area (Å²) in [5.74, 6) is -0.834. The minimum atomic E-state index is -0.876. The first kappa shape index (κ1) is 12.3. The first-order valence-corrected chi connectivity index (χ1v) is 5.20. The van der Waals surface area contributed by atoms with Crippen LogP contribution in [-0.2, 0) is 10.2 Å². The van der Waals surface area contributed by atoms with Crippen molar-refractivity contribution in [3.05, 3.63) is 34.9 Å². The van der Waals surface area contributed by atoms with Crippen LogP contribution in [0, 0.1) is 18.3 Å². The van der Waals surface area contributed by atoms with Crippen LogP contribution < -0.4 is 0 Å². The monoisotopic (exact) mass is 217 g/mol. The van der Waals surface area contributed by atoms with Crippen molar-refractivity contribution in [2.75, 3.05) is 0 Å². The molecule has 0 aliphatic heterocycles. The molecule has 1 N–H and O–H groups in total. The van der Waals surface area contributed by atoms with Gasteiger partial charge in [0.1, 0.15) is 0 Å². The molecule has 84 valence electrons. The van der Waals surface area contributed by atoms with E-state index in [0.29, 0.717) is 12.0 Å². The lowest BCUT2D eigenvalue weighted by atomic mass is 9.79. The van der Waals surface area contributed by atoms with E-state index in [9.17, 15) is 9.90 Å². The summed E-state index contributed by atoms with van der Waals surface area (Å²) in [6.45, 7) is 5.37. The van der Waals surface area contributed by atoms with Crippen molar-refractivity contribution in [3.63, 3.8) is 0 Å². The second-order valence-electron chi connectivity index (χ2n) is 4.13. The van der Waals surface area contributed by atoms with Gasteiger partial charge in [0.15, 0.2) is 0 Å². The molecule has 0 aliphatic rings. The molecule has 0 heterocycles. The molecule has 0 saturated heterocycles. The molecule has 1 atom stereocenters. The standard InChI is InChI=1S/C13H15NO2/c1-4-13(3,12(15)16)11-6-5-10(8-14)9(2)7-11/h5-7H,4H2,1-3H3,(H,15,16). The van der Waals surface area contributed by atoms with E-state index >= 15 is 0 Å². The third-order valence-corrected chi connectivity index (χ3v) is 3.16. The molecule has 0 spiro atoms. The average Bonchev–Trinajstić information content (AvgIpc) is 2.27. The predicted molar refractivity (Wildman–Crippen MR) is 61.2 cm³/mol. The number of rotatable bonds is 3. The van der Waals surface area contributed by atoms with Gasteiger partial charge < -0.3 is 5.11 Å². The van der Waals surface area contributed by atoms with Gasteiger partial charge in [-0.05, 0) is 37.5 Å². The number of benzene rings is 1. The number of nitrogens with zero attached hydrogens (tertiary/aromatic N) is 1. The fraction of sp³-hybridized carbons (Fsp3) is 0.385. The van der Waals surface area contributed by atoms with Crippen LogP contribution in [0.2, 0.25) is 0 Å². The number of carbonyl (C=O) groups is 1. The van der Waals surface area contributed by atoms with Crippen LogP contribution in [0.15, 0.2) is 18.2 Å².